The number of carbonyl (C=O) groups excluding carboxylic acids is 2. The lowest BCUT2D eigenvalue weighted by Crippen LogP contribution is -2.37. The number of hydrogen-bond acceptors (Lipinski definition) is 5. The lowest BCUT2D eigenvalue weighted by Gasteiger charge is -2.26. The molecular weight excluding hydrogens is 308 g/mol. The summed E-state index contributed by atoms with van der Waals surface area (Å²) in [5, 5.41) is 14.5. The Bertz CT molecular complexity index is 673. The molecule has 2 N–H and O–H groups in total. The first-order chi connectivity index (χ1) is 11.3. The Kier molecular flexibility index (Phi) is 5.29. The highest BCUT2D eigenvalue weighted by molar-refractivity contribution is 5.92. The van der Waals surface area contributed by atoms with Gasteiger partial charge in [0.25, 0.3) is 0 Å². The predicted molar refractivity (Wildman–Crippen MR) is 90.4 cm³/mol. The van der Waals surface area contributed by atoms with Crippen molar-refractivity contribution in [3.8, 4) is 6.07 Å². The topological polar surface area (TPSA) is 94.5 Å². The Morgan fingerprint density at radius 2 is 2.17 bits per heavy atom. The summed E-state index contributed by atoms with van der Waals surface area (Å²) in [7, 11) is 0. The maximum Gasteiger partial charge on any atom is 0.410 e. The normalized spacial score (nSPS) is 13.8. The molecular formula is C17H22N4O3. The third kappa shape index (κ3) is 4.88. The molecule has 1 aromatic carbocycles. The van der Waals surface area contributed by atoms with Crippen molar-refractivity contribution >= 4 is 23.4 Å². The summed E-state index contributed by atoms with van der Waals surface area (Å²) in [4.78, 5) is 25.4. The van der Waals surface area contributed by atoms with E-state index in [0.717, 1.165) is 11.3 Å². The van der Waals surface area contributed by atoms with E-state index in [0.29, 0.717) is 25.3 Å². The van der Waals surface area contributed by atoms with Gasteiger partial charge in [0.15, 0.2) is 0 Å². The molecule has 1 aromatic rings. The number of nitrogens with one attached hydrogen (secondary N) is 2. The Hall–Kier alpha value is -2.75. The smallest absolute Gasteiger partial charge is 0.410 e. The molecule has 0 aromatic heterocycles. The minimum atomic E-state index is -0.533. The molecule has 7 nitrogen and oxygen atoms in total. The van der Waals surface area contributed by atoms with Crippen LogP contribution in [0.2, 0.25) is 0 Å². The first-order valence-electron chi connectivity index (χ1n) is 7.80. The van der Waals surface area contributed by atoms with Gasteiger partial charge >= 0.3 is 6.09 Å². The summed E-state index contributed by atoms with van der Waals surface area (Å²) >= 11 is 0. The van der Waals surface area contributed by atoms with E-state index >= 15 is 0 Å². The molecule has 0 saturated heterocycles. The van der Waals surface area contributed by atoms with Gasteiger partial charge in [0.1, 0.15) is 12.0 Å². The highest BCUT2D eigenvalue weighted by Gasteiger charge is 2.24. The van der Waals surface area contributed by atoms with Gasteiger partial charge in [0, 0.05) is 24.5 Å². The number of carbonyl (C=O) groups is 2. The monoisotopic (exact) mass is 330 g/mol. The molecule has 2 amide bonds. The standard InChI is InChI=1S/C17H22N4O3/c1-17(2,3)24-16(23)21-9-8-19-14-10-13(5-4-12(14)11-21)20-15(22)6-7-18/h4-5,10,19H,6,8-9,11H2,1-3H3,(H,20,22). The highest BCUT2D eigenvalue weighted by Crippen LogP contribution is 2.25. The van der Waals surface area contributed by atoms with Crippen molar-refractivity contribution in [2.24, 2.45) is 0 Å². The average molecular weight is 330 g/mol. The zero-order valence-corrected chi connectivity index (χ0v) is 14.2. The van der Waals surface area contributed by atoms with Crippen molar-refractivity contribution in [1.82, 2.24) is 4.90 Å². The summed E-state index contributed by atoms with van der Waals surface area (Å²) in [6.45, 7) is 7.06. The van der Waals surface area contributed by atoms with E-state index in [2.05, 4.69) is 10.6 Å². The van der Waals surface area contributed by atoms with Crippen LogP contribution in [-0.2, 0) is 16.1 Å². The number of benzene rings is 1. The van der Waals surface area contributed by atoms with Gasteiger partial charge in [-0.1, -0.05) is 6.07 Å². The summed E-state index contributed by atoms with van der Waals surface area (Å²) in [6, 6.07) is 7.23. The molecule has 0 radical (unpaired) electrons. The largest absolute Gasteiger partial charge is 0.444 e. The lowest BCUT2D eigenvalue weighted by molar-refractivity contribution is -0.115. The van der Waals surface area contributed by atoms with Gasteiger partial charge in [-0.2, -0.15) is 5.26 Å². The van der Waals surface area contributed by atoms with E-state index in [1.807, 2.05) is 39.0 Å². The van der Waals surface area contributed by atoms with Crippen LogP contribution in [0.15, 0.2) is 18.2 Å². The van der Waals surface area contributed by atoms with Crippen LogP contribution < -0.4 is 10.6 Å². The predicted octanol–water partition coefficient (Wildman–Crippen LogP) is 2.70. The van der Waals surface area contributed by atoms with Gasteiger partial charge in [-0.3, -0.25) is 4.79 Å². The quantitative estimate of drug-likeness (QED) is 0.869. The summed E-state index contributed by atoms with van der Waals surface area (Å²) < 4.78 is 5.42. The molecule has 0 bridgehead atoms. The van der Waals surface area contributed by atoms with E-state index < -0.39 is 5.60 Å². The van der Waals surface area contributed by atoms with Gasteiger partial charge in [-0.05, 0) is 38.5 Å². The van der Waals surface area contributed by atoms with E-state index in [-0.39, 0.29) is 18.4 Å². The fourth-order valence-electron chi connectivity index (χ4n) is 2.33. The van der Waals surface area contributed by atoms with Crippen LogP contribution in [-0.4, -0.2) is 35.6 Å². The van der Waals surface area contributed by atoms with Crippen molar-refractivity contribution in [2.45, 2.75) is 39.3 Å². The van der Waals surface area contributed by atoms with Crippen molar-refractivity contribution in [1.29, 1.82) is 5.26 Å². The van der Waals surface area contributed by atoms with Crippen LogP contribution in [0.4, 0.5) is 16.2 Å². The van der Waals surface area contributed by atoms with E-state index in [4.69, 9.17) is 10.00 Å². The van der Waals surface area contributed by atoms with Crippen molar-refractivity contribution in [3.63, 3.8) is 0 Å². The second-order valence-corrected chi connectivity index (χ2v) is 6.58. The molecule has 24 heavy (non-hydrogen) atoms. The molecule has 0 aliphatic carbocycles. The van der Waals surface area contributed by atoms with E-state index in [1.165, 1.54) is 0 Å². The first kappa shape index (κ1) is 17.6. The zero-order chi connectivity index (χ0) is 17.7. The summed E-state index contributed by atoms with van der Waals surface area (Å²) in [5.41, 5.74) is 1.88. The molecule has 0 fully saturated rings. The fraction of sp³-hybridized carbons (Fsp3) is 0.471. The van der Waals surface area contributed by atoms with Gasteiger partial charge in [0.05, 0.1) is 12.6 Å². The molecule has 1 aliphatic rings. The highest BCUT2D eigenvalue weighted by atomic mass is 16.6. The van der Waals surface area contributed by atoms with Gasteiger partial charge in [0.2, 0.25) is 5.91 Å². The maximum atomic E-state index is 12.2. The molecule has 0 unspecified atom stereocenters. The fourth-order valence-corrected chi connectivity index (χ4v) is 2.33. The summed E-state index contributed by atoms with van der Waals surface area (Å²) in [5.74, 6) is -0.346. The number of amides is 2. The molecule has 0 atom stereocenters. The SMILES string of the molecule is CC(C)(C)OC(=O)N1CCNc2cc(NC(=O)CC#N)ccc2C1. The number of nitriles is 1. The van der Waals surface area contributed by atoms with Crippen LogP contribution in [0.1, 0.15) is 32.8 Å². The van der Waals surface area contributed by atoms with Crippen molar-refractivity contribution in [3.05, 3.63) is 23.8 Å². The molecule has 7 heteroatoms. The van der Waals surface area contributed by atoms with E-state index in [1.54, 1.807) is 11.0 Å². The third-order valence-electron chi connectivity index (χ3n) is 3.34. The Balaban J connectivity index is 2.10. The number of fused-ring (bicyclic) bond motifs is 1. The first-order valence-corrected chi connectivity index (χ1v) is 7.80. The lowest BCUT2D eigenvalue weighted by atomic mass is 10.1. The molecule has 0 spiro atoms. The van der Waals surface area contributed by atoms with Crippen LogP contribution in [0.25, 0.3) is 0 Å². The second-order valence-electron chi connectivity index (χ2n) is 6.58. The number of ether oxygens (including phenoxy) is 1. The molecule has 1 heterocycles. The van der Waals surface area contributed by atoms with Crippen LogP contribution >= 0.6 is 0 Å². The number of nitrogens with zero attached hydrogens (tertiary/aromatic N) is 2. The molecule has 1 aliphatic heterocycles. The average Bonchev–Trinajstić information content (AvgIpc) is 2.67. The van der Waals surface area contributed by atoms with Crippen LogP contribution in [0, 0.1) is 11.3 Å². The van der Waals surface area contributed by atoms with E-state index in [9.17, 15) is 9.59 Å². The number of hydrogen-bond donors (Lipinski definition) is 2. The molecule has 2 rings (SSSR count). The van der Waals surface area contributed by atoms with Gasteiger partial charge < -0.3 is 20.3 Å². The van der Waals surface area contributed by atoms with Gasteiger partial charge in [-0.25, -0.2) is 4.79 Å². The minimum Gasteiger partial charge on any atom is -0.444 e. The third-order valence-corrected chi connectivity index (χ3v) is 3.34. The Morgan fingerprint density at radius 3 is 2.83 bits per heavy atom. The number of anilines is 2. The van der Waals surface area contributed by atoms with Gasteiger partial charge in [-0.15, -0.1) is 0 Å². The van der Waals surface area contributed by atoms with Crippen molar-refractivity contribution in [2.75, 3.05) is 23.7 Å². The van der Waals surface area contributed by atoms with Crippen molar-refractivity contribution < 1.29 is 14.3 Å². The maximum absolute atomic E-state index is 12.2. The Labute approximate surface area is 141 Å². The van der Waals surface area contributed by atoms with Crippen LogP contribution in [0.5, 0.6) is 0 Å². The second kappa shape index (κ2) is 7.21. The molecule has 0 saturated carbocycles. The summed E-state index contributed by atoms with van der Waals surface area (Å²) in [6.07, 6.45) is -0.528. The zero-order valence-electron chi connectivity index (χ0n) is 14.2. The number of rotatable bonds is 2. The minimum absolute atomic E-state index is 0.184. The molecule has 128 valence electrons. The Morgan fingerprint density at radius 1 is 1.42 bits per heavy atom. The van der Waals surface area contributed by atoms with Crippen LogP contribution in [0.3, 0.4) is 0 Å².